The first-order chi connectivity index (χ1) is 20.9. The minimum Gasteiger partial charge on any atom is -0.462 e. The second-order valence-corrected chi connectivity index (χ2v) is 13.7. The maximum atomic E-state index is 12.1. The minimum absolute atomic E-state index is 0.0597. The van der Waals surface area contributed by atoms with Gasteiger partial charge < -0.3 is 14.6 Å². The van der Waals surface area contributed by atoms with E-state index < -0.39 is 6.10 Å². The first-order valence-corrected chi connectivity index (χ1v) is 18.8. The molecule has 2 atom stereocenters. The summed E-state index contributed by atoms with van der Waals surface area (Å²) in [6.45, 7) is 8.84. The molecule has 0 radical (unpaired) electrons. The smallest absolute Gasteiger partial charge is 0.306 e. The molecule has 0 aliphatic carbocycles. The molecule has 0 aromatic rings. The van der Waals surface area contributed by atoms with Crippen molar-refractivity contribution in [1.82, 2.24) is 0 Å². The molecule has 0 saturated carbocycles. The number of hydrogen-bond donors (Lipinski definition) is 1. The lowest BCUT2D eigenvalue weighted by Gasteiger charge is -2.15. The van der Waals surface area contributed by atoms with Crippen LogP contribution in [0.25, 0.3) is 0 Å². The molecular weight excluding hydrogens is 536 g/mol. The molecule has 1 unspecified atom stereocenters. The lowest BCUT2D eigenvalue weighted by molar-refractivity contribution is -0.161. The summed E-state index contributed by atoms with van der Waals surface area (Å²) in [5.74, 6) is 1.13. The number of ether oxygens (including phenoxy) is 2. The molecule has 1 N–H and O–H groups in total. The highest BCUT2D eigenvalue weighted by Gasteiger charge is 2.16. The van der Waals surface area contributed by atoms with Crippen molar-refractivity contribution < 1.29 is 24.2 Å². The van der Waals surface area contributed by atoms with Crippen LogP contribution in [-0.2, 0) is 19.1 Å². The van der Waals surface area contributed by atoms with Gasteiger partial charge in [0.1, 0.15) is 6.61 Å². The number of hydrogen-bond acceptors (Lipinski definition) is 5. The molecule has 0 fully saturated rings. The number of carbonyl (C=O) groups is 2. The van der Waals surface area contributed by atoms with Crippen LogP contribution < -0.4 is 0 Å². The topological polar surface area (TPSA) is 72.8 Å². The Morgan fingerprint density at radius 1 is 0.535 bits per heavy atom. The fourth-order valence-corrected chi connectivity index (χ4v) is 5.60. The molecule has 0 amide bonds. The van der Waals surface area contributed by atoms with Gasteiger partial charge in [-0.05, 0) is 24.7 Å². The van der Waals surface area contributed by atoms with E-state index in [0.29, 0.717) is 12.8 Å². The second-order valence-electron chi connectivity index (χ2n) is 13.7. The monoisotopic (exact) mass is 611 g/mol. The van der Waals surface area contributed by atoms with Gasteiger partial charge in [0.15, 0.2) is 6.10 Å². The third-order valence-electron chi connectivity index (χ3n) is 8.87. The van der Waals surface area contributed by atoms with E-state index in [0.717, 1.165) is 50.4 Å². The molecule has 0 aromatic carbocycles. The SMILES string of the molecule is CCC(C)CCCCCCCCCCCCCCCCC(=O)O[C@@H](CO)COC(=O)CCCCCCCCCCC(C)C. The Morgan fingerprint density at radius 3 is 1.30 bits per heavy atom. The van der Waals surface area contributed by atoms with E-state index >= 15 is 0 Å². The standard InChI is InChI=1S/C38H74O5/c1-5-35(4)29-25-21-17-12-10-8-6-7-9-11-13-19-23-27-31-38(41)43-36(32-39)33-42-37(40)30-26-22-18-15-14-16-20-24-28-34(2)3/h34-36,39H,5-33H2,1-4H3/t35?,36-/m0/s1. The summed E-state index contributed by atoms with van der Waals surface area (Å²) in [6.07, 6.45) is 31.6. The summed E-state index contributed by atoms with van der Waals surface area (Å²) in [7, 11) is 0. The molecule has 0 aliphatic rings. The van der Waals surface area contributed by atoms with Crippen molar-refractivity contribution in [2.24, 2.45) is 11.8 Å². The van der Waals surface area contributed by atoms with Gasteiger partial charge in [-0.2, -0.15) is 0 Å². The van der Waals surface area contributed by atoms with Crippen LogP contribution in [0.3, 0.4) is 0 Å². The zero-order valence-corrected chi connectivity index (χ0v) is 29.3. The minimum atomic E-state index is -0.762. The summed E-state index contributed by atoms with van der Waals surface area (Å²) in [5.41, 5.74) is 0. The van der Waals surface area contributed by atoms with Crippen molar-refractivity contribution in [1.29, 1.82) is 0 Å². The highest BCUT2D eigenvalue weighted by molar-refractivity contribution is 5.70. The lowest BCUT2D eigenvalue weighted by atomic mass is 9.99. The third kappa shape index (κ3) is 32.1. The average Bonchev–Trinajstić information content (AvgIpc) is 2.99. The number of rotatable bonds is 33. The highest BCUT2D eigenvalue weighted by Crippen LogP contribution is 2.17. The van der Waals surface area contributed by atoms with Crippen molar-refractivity contribution >= 4 is 11.9 Å². The summed E-state index contributed by atoms with van der Waals surface area (Å²) in [4.78, 5) is 24.2. The zero-order chi connectivity index (χ0) is 31.8. The molecule has 0 bridgehead atoms. The van der Waals surface area contributed by atoms with Crippen LogP contribution in [0, 0.1) is 11.8 Å². The summed E-state index contributed by atoms with van der Waals surface area (Å²) >= 11 is 0. The first-order valence-electron chi connectivity index (χ1n) is 18.8. The predicted molar refractivity (Wildman–Crippen MR) is 182 cm³/mol. The van der Waals surface area contributed by atoms with Crippen molar-refractivity contribution in [3.8, 4) is 0 Å². The fourth-order valence-electron chi connectivity index (χ4n) is 5.60. The van der Waals surface area contributed by atoms with Crippen LogP contribution in [0.2, 0.25) is 0 Å². The number of esters is 2. The number of aliphatic hydroxyl groups is 1. The van der Waals surface area contributed by atoms with Crippen molar-refractivity contribution in [3.05, 3.63) is 0 Å². The van der Waals surface area contributed by atoms with Crippen LogP contribution in [-0.4, -0.2) is 36.4 Å². The van der Waals surface area contributed by atoms with Gasteiger partial charge in [-0.1, -0.05) is 175 Å². The predicted octanol–water partition coefficient (Wildman–Crippen LogP) is 11.3. The fraction of sp³-hybridized carbons (Fsp3) is 0.947. The van der Waals surface area contributed by atoms with Gasteiger partial charge >= 0.3 is 11.9 Å². The lowest BCUT2D eigenvalue weighted by Crippen LogP contribution is -2.28. The quantitative estimate of drug-likeness (QED) is 0.0591. The van der Waals surface area contributed by atoms with E-state index in [1.807, 2.05) is 0 Å². The van der Waals surface area contributed by atoms with E-state index in [-0.39, 0.29) is 25.2 Å². The van der Waals surface area contributed by atoms with Gasteiger partial charge in [0.05, 0.1) is 6.61 Å². The van der Waals surface area contributed by atoms with Gasteiger partial charge in [0.25, 0.3) is 0 Å². The second kappa shape index (κ2) is 32.3. The maximum Gasteiger partial charge on any atom is 0.306 e. The molecule has 0 aromatic heterocycles. The number of carbonyl (C=O) groups excluding carboxylic acids is 2. The largest absolute Gasteiger partial charge is 0.462 e. The Kier molecular flexibility index (Phi) is 31.5. The molecule has 43 heavy (non-hydrogen) atoms. The van der Waals surface area contributed by atoms with Gasteiger partial charge in [-0.25, -0.2) is 0 Å². The Labute approximate surface area is 268 Å². The van der Waals surface area contributed by atoms with Gasteiger partial charge in [0, 0.05) is 12.8 Å². The average molecular weight is 611 g/mol. The third-order valence-corrected chi connectivity index (χ3v) is 8.87. The summed E-state index contributed by atoms with van der Waals surface area (Å²) < 4.78 is 10.6. The van der Waals surface area contributed by atoms with E-state index in [9.17, 15) is 14.7 Å². The Hall–Kier alpha value is -1.10. The maximum absolute atomic E-state index is 12.1. The van der Waals surface area contributed by atoms with Gasteiger partial charge in [-0.3, -0.25) is 9.59 Å². The summed E-state index contributed by atoms with van der Waals surface area (Å²) in [6, 6.07) is 0. The normalized spacial score (nSPS) is 12.9. The van der Waals surface area contributed by atoms with Crippen LogP contribution in [0.15, 0.2) is 0 Å². The molecule has 0 spiro atoms. The molecule has 0 aliphatic heterocycles. The number of aliphatic hydroxyl groups excluding tert-OH is 1. The van der Waals surface area contributed by atoms with Gasteiger partial charge in [-0.15, -0.1) is 0 Å². The highest BCUT2D eigenvalue weighted by atomic mass is 16.6. The molecule has 0 heterocycles. The van der Waals surface area contributed by atoms with Crippen LogP contribution in [0.4, 0.5) is 0 Å². The zero-order valence-electron chi connectivity index (χ0n) is 29.3. The summed E-state index contributed by atoms with van der Waals surface area (Å²) in [5, 5.41) is 9.53. The Morgan fingerprint density at radius 2 is 0.907 bits per heavy atom. The number of unbranched alkanes of at least 4 members (excludes halogenated alkanes) is 20. The van der Waals surface area contributed by atoms with E-state index in [4.69, 9.17) is 9.47 Å². The van der Waals surface area contributed by atoms with Crippen molar-refractivity contribution in [2.75, 3.05) is 13.2 Å². The molecule has 0 saturated heterocycles. The molecule has 5 nitrogen and oxygen atoms in total. The molecule has 5 heteroatoms. The molecule has 0 rings (SSSR count). The molecular formula is C38H74O5. The van der Waals surface area contributed by atoms with Crippen molar-refractivity contribution in [3.63, 3.8) is 0 Å². The van der Waals surface area contributed by atoms with Crippen molar-refractivity contribution in [2.45, 2.75) is 207 Å². The van der Waals surface area contributed by atoms with Crippen LogP contribution in [0.1, 0.15) is 201 Å². The van der Waals surface area contributed by atoms with E-state index in [1.165, 1.54) is 122 Å². The Balaban J connectivity index is 3.51. The van der Waals surface area contributed by atoms with Crippen LogP contribution >= 0.6 is 0 Å². The Bertz CT molecular complexity index is 605. The van der Waals surface area contributed by atoms with Gasteiger partial charge in [0.2, 0.25) is 0 Å². The van der Waals surface area contributed by atoms with E-state index in [1.54, 1.807) is 0 Å². The first kappa shape index (κ1) is 41.9. The molecule has 256 valence electrons. The van der Waals surface area contributed by atoms with E-state index in [2.05, 4.69) is 27.7 Å². The van der Waals surface area contributed by atoms with Crippen LogP contribution in [0.5, 0.6) is 0 Å².